The summed E-state index contributed by atoms with van der Waals surface area (Å²) in [6, 6.07) is 13.5. The average molecular weight is 403 g/mol. The van der Waals surface area contributed by atoms with E-state index in [0.29, 0.717) is 9.86 Å². The maximum Gasteiger partial charge on any atom is 0.354 e. The molecule has 7 nitrogen and oxygen atoms in total. The maximum atomic E-state index is 11.3. The third kappa shape index (κ3) is 3.58. The number of nitrogens with zero attached hydrogens (tertiary/aromatic N) is 2. The van der Waals surface area contributed by atoms with E-state index in [9.17, 15) is 20.0 Å². The SMILES string of the molecule is O=C(O)c1cc(OCc2ccccc2)c2cc(Br)cc([N+](=O)[O-])c2n1. The maximum absolute atomic E-state index is 11.3. The minimum Gasteiger partial charge on any atom is -0.488 e. The number of halogens is 1. The van der Waals surface area contributed by atoms with Crippen LogP contribution in [0.1, 0.15) is 16.1 Å². The summed E-state index contributed by atoms with van der Waals surface area (Å²) in [6.45, 7) is 0.194. The Morgan fingerprint density at radius 3 is 2.60 bits per heavy atom. The summed E-state index contributed by atoms with van der Waals surface area (Å²) in [5.41, 5.74) is 0.239. The van der Waals surface area contributed by atoms with Gasteiger partial charge in [0.1, 0.15) is 12.4 Å². The first kappa shape index (κ1) is 16.8. The molecule has 0 aliphatic heterocycles. The van der Waals surface area contributed by atoms with Gasteiger partial charge in [-0.05, 0) is 11.6 Å². The number of benzene rings is 2. The van der Waals surface area contributed by atoms with E-state index >= 15 is 0 Å². The van der Waals surface area contributed by atoms with Crippen molar-refractivity contribution in [3.05, 3.63) is 74.4 Å². The van der Waals surface area contributed by atoms with Gasteiger partial charge in [-0.3, -0.25) is 10.1 Å². The van der Waals surface area contributed by atoms with Crippen LogP contribution in [0.25, 0.3) is 10.9 Å². The van der Waals surface area contributed by atoms with Gasteiger partial charge in [0.15, 0.2) is 11.2 Å². The van der Waals surface area contributed by atoms with Crippen LogP contribution in [0.5, 0.6) is 5.75 Å². The third-order valence-corrected chi connectivity index (χ3v) is 3.93. The number of carboxylic acid groups (broad SMARTS) is 1. The van der Waals surface area contributed by atoms with Crippen LogP contribution in [0.4, 0.5) is 5.69 Å². The van der Waals surface area contributed by atoms with Crippen LogP contribution in [-0.2, 0) is 6.61 Å². The number of nitro benzene ring substituents is 1. The summed E-state index contributed by atoms with van der Waals surface area (Å²) in [4.78, 5) is 25.9. The average Bonchev–Trinajstić information content (AvgIpc) is 2.59. The Kier molecular flexibility index (Phi) is 4.62. The van der Waals surface area contributed by atoms with Gasteiger partial charge in [0.25, 0.3) is 5.69 Å². The van der Waals surface area contributed by atoms with Gasteiger partial charge < -0.3 is 9.84 Å². The molecule has 0 spiro atoms. The number of hydrogen-bond donors (Lipinski definition) is 1. The highest BCUT2D eigenvalue weighted by Gasteiger charge is 2.21. The minimum atomic E-state index is -1.29. The van der Waals surface area contributed by atoms with Gasteiger partial charge in [0.2, 0.25) is 0 Å². The summed E-state index contributed by atoms with van der Waals surface area (Å²) in [5.74, 6) is -1.07. The fraction of sp³-hybridized carbons (Fsp3) is 0.0588. The van der Waals surface area contributed by atoms with Gasteiger partial charge in [-0.25, -0.2) is 9.78 Å². The molecule has 3 rings (SSSR count). The summed E-state index contributed by atoms with van der Waals surface area (Å²) in [6.07, 6.45) is 0. The van der Waals surface area contributed by atoms with Crippen molar-refractivity contribution in [1.29, 1.82) is 0 Å². The number of carboxylic acids is 1. The van der Waals surface area contributed by atoms with Crippen LogP contribution >= 0.6 is 15.9 Å². The fourth-order valence-electron chi connectivity index (χ4n) is 2.35. The van der Waals surface area contributed by atoms with E-state index in [1.165, 1.54) is 12.1 Å². The largest absolute Gasteiger partial charge is 0.488 e. The third-order valence-electron chi connectivity index (χ3n) is 3.47. The van der Waals surface area contributed by atoms with Gasteiger partial charge in [0, 0.05) is 16.6 Å². The van der Waals surface area contributed by atoms with Crippen molar-refractivity contribution in [2.45, 2.75) is 6.61 Å². The van der Waals surface area contributed by atoms with E-state index in [1.54, 1.807) is 6.07 Å². The van der Waals surface area contributed by atoms with Gasteiger partial charge in [-0.1, -0.05) is 46.3 Å². The number of carbonyl (C=O) groups is 1. The van der Waals surface area contributed by atoms with Crippen molar-refractivity contribution in [3.63, 3.8) is 0 Å². The molecule has 0 bridgehead atoms. The molecule has 0 unspecified atom stereocenters. The number of hydrogen-bond acceptors (Lipinski definition) is 5. The number of pyridine rings is 1. The predicted octanol–water partition coefficient (Wildman–Crippen LogP) is 4.18. The second kappa shape index (κ2) is 6.86. The molecule has 0 aliphatic carbocycles. The van der Waals surface area contributed by atoms with Crippen LogP contribution in [0.2, 0.25) is 0 Å². The highest BCUT2D eigenvalue weighted by atomic mass is 79.9. The van der Waals surface area contributed by atoms with Gasteiger partial charge >= 0.3 is 5.97 Å². The Bertz CT molecular complexity index is 976. The van der Waals surface area contributed by atoms with E-state index in [2.05, 4.69) is 20.9 Å². The number of ether oxygens (including phenoxy) is 1. The number of rotatable bonds is 5. The Labute approximate surface area is 150 Å². The van der Waals surface area contributed by atoms with Crippen LogP contribution in [-0.4, -0.2) is 21.0 Å². The van der Waals surface area contributed by atoms with E-state index in [-0.39, 0.29) is 29.3 Å². The lowest BCUT2D eigenvalue weighted by atomic mass is 10.1. The van der Waals surface area contributed by atoms with Crippen molar-refractivity contribution in [1.82, 2.24) is 4.98 Å². The first-order valence-electron chi connectivity index (χ1n) is 7.14. The van der Waals surface area contributed by atoms with Crippen LogP contribution < -0.4 is 4.74 Å². The summed E-state index contributed by atoms with van der Waals surface area (Å²) < 4.78 is 6.21. The van der Waals surface area contributed by atoms with Gasteiger partial charge in [-0.2, -0.15) is 0 Å². The number of aromatic nitrogens is 1. The first-order valence-corrected chi connectivity index (χ1v) is 7.93. The number of fused-ring (bicyclic) bond motifs is 1. The molecular formula is C17H11BrN2O5. The molecule has 0 radical (unpaired) electrons. The zero-order valence-corrected chi connectivity index (χ0v) is 14.3. The van der Waals surface area contributed by atoms with Crippen molar-refractivity contribution >= 4 is 38.5 Å². The lowest BCUT2D eigenvalue weighted by Gasteiger charge is -2.11. The van der Waals surface area contributed by atoms with Crippen molar-refractivity contribution < 1.29 is 19.6 Å². The molecule has 3 aromatic rings. The van der Waals surface area contributed by atoms with E-state index in [1.807, 2.05) is 30.3 Å². The Morgan fingerprint density at radius 2 is 1.96 bits per heavy atom. The molecule has 0 saturated heterocycles. The fourth-order valence-corrected chi connectivity index (χ4v) is 2.79. The molecule has 1 aromatic heterocycles. The molecule has 126 valence electrons. The Morgan fingerprint density at radius 1 is 1.24 bits per heavy atom. The topological polar surface area (TPSA) is 103 Å². The highest BCUT2D eigenvalue weighted by molar-refractivity contribution is 9.10. The zero-order chi connectivity index (χ0) is 18.0. The summed E-state index contributed by atoms with van der Waals surface area (Å²) >= 11 is 3.23. The summed E-state index contributed by atoms with van der Waals surface area (Å²) in [5, 5.41) is 20.9. The molecule has 0 amide bonds. The normalized spacial score (nSPS) is 10.6. The summed E-state index contributed by atoms with van der Waals surface area (Å²) in [7, 11) is 0. The standard InChI is InChI=1S/C17H11BrN2O5/c18-11-6-12-15(25-9-10-4-2-1-3-5-10)8-13(17(21)22)19-16(12)14(7-11)20(23)24/h1-8H,9H2,(H,21,22). The lowest BCUT2D eigenvalue weighted by molar-refractivity contribution is -0.383. The van der Waals surface area contributed by atoms with Gasteiger partial charge in [0.05, 0.1) is 10.3 Å². The predicted molar refractivity (Wildman–Crippen MR) is 93.8 cm³/mol. The molecular weight excluding hydrogens is 392 g/mol. The smallest absolute Gasteiger partial charge is 0.354 e. The van der Waals surface area contributed by atoms with Crippen molar-refractivity contribution in [2.75, 3.05) is 0 Å². The molecule has 0 atom stereocenters. The molecule has 8 heteroatoms. The van der Waals surface area contributed by atoms with Crippen LogP contribution in [0, 0.1) is 10.1 Å². The quantitative estimate of drug-likeness (QED) is 0.507. The molecule has 1 N–H and O–H groups in total. The second-order valence-corrected chi connectivity index (χ2v) is 6.08. The molecule has 1 heterocycles. The van der Waals surface area contributed by atoms with Crippen molar-refractivity contribution in [3.8, 4) is 5.75 Å². The van der Waals surface area contributed by atoms with Crippen LogP contribution in [0.15, 0.2) is 53.0 Å². The molecule has 0 fully saturated rings. The van der Waals surface area contributed by atoms with E-state index in [4.69, 9.17) is 4.74 Å². The lowest BCUT2D eigenvalue weighted by Crippen LogP contribution is -2.05. The minimum absolute atomic E-state index is 0.0313. The highest BCUT2D eigenvalue weighted by Crippen LogP contribution is 2.35. The van der Waals surface area contributed by atoms with E-state index < -0.39 is 10.9 Å². The van der Waals surface area contributed by atoms with Crippen molar-refractivity contribution in [2.24, 2.45) is 0 Å². The second-order valence-electron chi connectivity index (χ2n) is 5.16. The molecule has 2 aromatic carbocycles. The zero-order valence-electron chi connectivity index (χ0n) is 12.7. The Balaban J connectivity index is 2.15. The number of non-ortho nitro benzene ring substituents is 1. The molecule has 25 heavy (non-hydrogen) atoms. The first-order chi connectivity index (χ1) is 12.0. The Hall–Kier alpha value is -3.00. The molecule has 0 saturated carbocycles. The van der Waals surface area contributed by atoms with Gasteiger partial charge in [-0.15, -0.1) is 0 Å². The number of nitro groups is 1. The monoisotopic (exact) mass is 402 g/mol. The van der Waals surface area contributed by atoms with Crippen LogP contribution in [0.3, 0.4) is 0 Å². The number of aromatic carboxylic acids is 1. The van der Waals surface area contributed by atoms with E-state index in [0.717, 1.165) is 5.56 Å². The molecule has 0 aliphatic rings.